The van der Waals surface area contributed by atoms with Gasteiger partial charge in [0, 0.05) is 43.1 Å². The lowest BCUT2D eigenvalue weighted by Crippen LogP contribution is -2.46. The number of carbonyl (C=O) groups excluding carboxylic acids is 1. The first kappa shape index (κ1) is 35.0. The molecular formula is C40H55N3O3Si. The van der Waals surface area contributed by atoms with Gasteiger partial charge in [-0.05, 0) is 124 Å². The molecular weight excluding hydrogens is 599 g/mol. The summed E-state index contributed by atoms with van der Waals surface area (Å²) >= 11 is 0. The van der Waals surface area contributed by atoms with Crippen LogP contribution >= 0.6 is 0 Å². The predicted molar refractivity (Wildman–Crippen MR) is 194 cm³/mol. The van der Waals surface area contributed by atoms with Gasteiger partial charge in [-0.15, -0.1) is 0 Å². The van der Waals surface area contributed by atoms with Crippen molar-refractivity contribution in [1.29, 1.82) is 0 Å². The van der Waals surface area contributed by atoms with E-state index < -0.39 is 8.32 Å². The van der Waals surface area contributed by atoms with Crippen molar-refractivity contribution in [1.82, 2.24) is 9.78 Å². The van der Waals surface area contributed by atoms with Gasteiger partial charge in [0.2, 0.25) is 5.91 Å². The molecule has 3 aromatic rings. The molecule has 1 amide bonds. The molecule has 2 aliphatic carbocycles. The van der Waals surface area contributed by atoms with E-state index in [0.717, 1.165) is 80.5 Å². The second-order valence-electron chi connectivity index (χ2n) is 15.5. The van der Waals surface area contributed by atoms with Crippen LogP contribution < -0.4 is 9.64 Å². The van der Waals surface area contributed by atoms with E-state index in [2.05, 4.69) is 93.0 Å². The number of hydrogen-bond donors (Lipinski definition) is 0. The van der Waals surface area contributed by atoms with Gasteiger partial charge < -0.3 is 14.1 Å². The third-order valence-corrected chi connectivity index (χ3v) is 15.5. The van der Waals surface area contributed by atoms with Crippen molar-refractivity contribution in [2.45, 2.75) is 109 Å². The van der Waals surface area contributed by atoms with E-state index >= 15 is 0 Å². The first-order valence-electron chi connectivity index (χ1n) is 17.6. The number of benzene rings is 2. The Morgan fingerprint density at radius 1 is 0.979 bits per heavy atom. The third-order valence-electron chi connectivity index (χ3n) is 10.9. The summed E-state index contributed by atoms with van der Waals surface area (Å²) < 4.78 is 14.0. The van der Waals surface area contributed by atoms with E-state index in [4.69, 9.17) is 9.16 Å². The molecule has 5 rings (SSSR count). The molecule has 0 bridgehead atoms. The first-order chi connectivity index (χ1) is 22.3. The number of aromatic nitrogens is 2. The number of aryl methyl sites for hydroxylation is 2. The van der Waals surface area contributed by atoms with Gasteiger partial charge in [-0.1, -0.05) is 50.8 Å². The van der Waals surface area contributed by atoms with Crippen molar-refractivity contribution >= 4 is 19.9 Å². The third kappa shape index (κ3) is 8.77. The van der Waals surface area contributed by atoms with Crippen molar-refractivity contribution in [3.63, 3.8) is 0 Å². The van der Waals surface area contributed by atoms with Gasteiger partial charge in [0.15, 0.2) is 8.32 Å². The lowest BCUT2D eigenvalue weighted by molar-refractivity contribution is -0.124. The number of rotatable bonds is 8. The zero-order valence-corrected chi connectivity index (χ0v) is 30.9. The number of hydrogen-bond acceptors (Lipinski definition) is 4. The Kier molecular flexibility index (Phi) is 11.0. The van der Waals surface area contributed by atoms with Crippen LogP contribution in [0.4, 0.5) is 5.69 Å². The summed E-state index contributed by atoms with van der Waals surface area (Å²) in [4.78, 5) is 16.5. The van der Waals surface area contributed by atoms with Crippen LogP contribution in [0.3, 0.4) is 0 Å². The summed E-state index contributed by atoms with van der Waals surface area (Å²) in [6, 6.07) is 14.9. The van der Waals surface area contributed by atoms with E-state index in [9.17, 15) is 4.79 Å². The summed E-state index contributed by atoms with van der Waals surface area (Å²) in [5.41, 5.74) is 5.35. The highest BCUT2D eigenvalue weighted by Crippen LogP contribution is 2.41. The van der Waals surface area contributed by atoms with Crippen LogP contribution in [-0.4, -0.2) is 43.8 Å². The van der Waals surface area contributed by atoms with Crippen molar-refractivity contribution in [3.05, 3.63) is 77.1 Å². The van der Waals surface area contributed by atoms with Crippen LogP contribution in [0.1, 0.15) is 100 Å². The molecule has 0 N–H and O–H groups in total. The molecule has 2 aliphatic rings. The molecule has 2 aromatic carbocycles. The van der Waals surface area contributed by atoms with E-state index in [1.165, 1.54) is 11.1 Å². The van der Waals surface area contributed by atoms with Crippen LogP contribution in [-0.2, 0) is 16.3 Å². The van der Waals surface area contributed by atoms with Gasteiger partial charge in [0.25, 0.3) is 0 Å². The topological polar surface area (TPSA) is 56.6 Å². The van der Waals surface area contributed by atoms with Crippen LogP contribution in [0.25, 0.3) is 0 Å². The van der Waals surface area contributed by atoms with E-state index in [1.807, 2.05) is 25.4 Å². The lowest BCUT2D eigenvalue weighted by atomic mass is 9.78. The minimum Gasteiger partial charge on any atom is -0.496 e. The van der Waals surface area contributed by atoms with Gasteiger partial charge >= 0.3 is 0 Å². The average molecular weight is 654 g/mol. The smallest absolute Gasteiger partial charge is 0.230 e. The summed E-state index contributed by atoms with van der Waals surface area (Å²) in [7, 11) is 1.79. The molecule has 1 heterocycles. The molecule has 252 valence electrons. The normalized spacial score (nSPS) is 21.9. The Morgan fingerprint density at radius 3 is 2.30 bits per heavy atom. The Bertz CT molecular complexity index is 1580. The highest BCUT2D eigenvalue weighted by atomic mass is 28.4. The van der Waals surface area contributed by atoms with E-state index in [1.54, 1.807) is 18.0 Å². The molecule has 0 spiro atoms. The van der Waals surface area contributed by atoms with Crippen molar-refractivity contribution in [3.8, 4) is 17.6 Å². The van der Waals surface area contributed by atoms with Gasteiger partial charge in [-0.3, -0.25) is 9.48 Å². The molecule has 0 radical (unpaired) electrons. The molecule has 7 heteroatoms. The fourth-order valence-electron chi connectivity index (χ4n) is 7.04. The second kappa shape index (κ2) is 14.8. The van der Waals surface area contributed by atoms with Gasteiger partial charge in [-0.25, -0.2) is 0 Å². The maximum absolute atomic E-state index is 14.4. The Hall–Kier alpha value is -3.34. The number of anilines is 1. The Morgan fingerprint density at radius 2 is 1.68 bits per heavy atom. The van der Waals surface area contributed by atoms with Crippen molar-refractivity contribution in [2.24, 2.45) is 18.9 Å². The van der Waals surface area contributed by atoms with E-state index in [-0.39, 0.29) is 23.0 Å². The number of amides is 1. The van der Waals surface area contributed by atoms with Crippen molar-refractivity contribution < 1.29 is 14.0 Å². The highest BCUT2D eigenvalue weighted by molar-refractivity contribution is 6.74. The number of nitrogens with zero attached hydrogens (tertiary/aromatic N) is 3. The zero-order valence-electron chi connectivity index (χ0n) is 29.9. The molecule has 0 atom stereocenters. The minimum atomic E-state index is -1.84. The summed E-state index contributed by atoms with van der Waals surface area (Å²) in [5, 5.41) is 4.42. The fourth-order valence-corrected chi connectivity index (χ4v) is 8.46. The zero-order chi connectivity index (χ0) is 33.8. The quantitative estimate of drug-likeness (QED) is 0.180. The van der Waals surface area contributed by atoms with Gasteiger partial charge in [0.1, 0.15) is 5.75 Å². The highest BCUT2D eigenvalue weighted by Gasteiger charge is 2.41. The maximum Gasteiger partial charge on any atom is 0.230 e. The predicted octanol–water partition coefficient (Wildman–Crippen LogP) is 9.02. The molecule has 0 saturated heterocycles. The molecule has 47 heavy (non-hydrogen) atoms. The molecule has 1 aromatic heterocycles. The number of methoxy groups -OCH3 is 1. The van der Waals surface area contributed by atoms with Crippen LogP contribution in [0, 0.1) is 30.6 Å². The summed E-state index contributed by atoms with van der Waals surface area (Å²) in [5.74, 6) is 8.80. The maximum atomic E-state index is 14.4. The lowest BCUT2D eigenvalue weighted by Gasteiger charge is -2.41. The molecule has 2 fully saturated rings. The summed E-state index contributed by atoms with van der Waals surface area (Å²) in [6.07, 6.45) is 12.2. The standard InChI is InChI=1S/C40H55N3O3Si/c1-29-24-35(20-23-38(29)45-6)33-16-14-31(15-17-33)28-43(36-11-9-10-30(25-36)12-13-32-26-41-42(5)27-32)39(44)34-18-21-37(22-19-34)46-47(7,8)40(2,3)4/h9-11,20,23-27,31,33-34,37H,14-19,21-22,28H2,1-8H3. The number of ether oxygens (including phenoxy) is 1. The SMILES string of the molecule is COc1ccc(C2CCC(CN(C(=O)C3CCC(O[Si](C)(C)C(C)(C)C)CC3)c3cccc(C#Cc4cnn(C)c4)c3)CC2)cc1C. The van der Waals surface area contributed by atoms with Crippen LogP contribution in [0.2, 0.25) is 18.1 Å². The first-order valence-corrected chi connectivity index (χ1v) is 20.5. The van der Waals surface area contributed by atoms with Gasteiger partial charge in [-0.2, -0.15) is 5.10 Å². The minimum absolute atomic E-state index is 0.0259. The summed E-state index contributed by atoms with van der Waals surface area (Å²) in [6.45, 7) is 14.4. The fraction of sp³-hybridized carbons (Fsp3) is 0.550. The van der Waals surface area contributed by atoms with Gasteiger partial charge in [0.05, 0.1) is 18.9 Å². The van der Waals surface area contributed by atoms with Crippen molar-refractivity contribution in [2.75, 3.05) is 18.6 Å². The largest absolute Gasteiger partial charge is 0.496 e. The number of carbonyl (C=O) groups is 1. The Labute approximate surface area is 284 Å². The molecule has 6 nitrogen and oxygen atoms in total. The monoisotopic (exact) mass is 653 g/mol. The molecule has 0 aliphatic heterocycles. The van der Waals surface area contributed by atoms with Crippen LogP contribution in [0.15, 0.2) is 54.9 Å². The Balaban J connectivity index is 1.30. The molecule has 0 unspecified atom stereocenters. The molecule has 2 saturated carbocycles. The van der Waals surface area contributed by atoms with E-state index in [0.29, 0.717) is 11.8 Å². The average Bonchev–Trinajstić information content (AvgIpc) is 3.47. The van der Waals surface area contributed by atoms with Crippen LogP contribution in [0.5, 0.6) is 5.75 Å². The second-order valence-corrected chi connectivity index (χ2v) is 20.2.